The van der Waals surface area contributed by atoms with Crippen molar-refractivity contribution in [2.24, 2.45) is 0 Å². The van der Waals surface area contributed by atoms with E-state index in [9.17, 15) is 0 Å². The fraction of sp³-hybridized carbons (Fsp3) is 0.615. The quantitative estimate of drug-likeness (QED) is 0.718. The maximum Gasteiger partial charge on any atom is 0.116 e. The molecule has 0 saturated carbocycles. The normalized spacial score (nSPS) is 18.9. The summed E-state index contributed by atoms with van der Waals surface area (Å²) in [5.74, 6) is 0. The summed E-state index contributed by atoms with van der Waals surface area (Å²) in [6.07, 6.45) is 1.83. The van der Waals surface area contributed by atoms with E-state index in [1.54, 1.807) is 7.11 Å². The highest BCUT2D eigenvalue weighted by Gasteiger charge is 2.16. The summed E-state index contributed by atoms with van der Waals surface area (Å²) in [6, 6.07) is 2.00. The van der Waals surface area contributed by atoms with Gasteiger partial charge in [0.2, 0.25) is 0 Å². The lowest BCUT2D eigenvalue weighted by molar-refractivity contribution is 0.117. The summed E-state index contributed by atoms with van der Waals surface area (Å²) in [6.45, 7) is 6.16. The van der Waals surface area contributed by atoms with Crippen molar-refractivity contribution in [2.45, 2.75) is 13.0 Å². The minimum atomic E-state index is -0.0634. The fourth-order valence-electron chi connectivity index (χ4n) is 2.17. The molecule has 96 valence electrons. The Bertz CT molecular complexity index is 405. The maximum atomic E-state index is 6.05. The van der Waals surface area contributed by atoms with Crippen molar-refractivity contribution in [3.05, 3.63) is 18.0 Å². The summed E-state index contributed by atoms with van der Waals surface area (Å²) in [7, 11) is 9.87. The zero-order chi connectivity index (χ0) is 13.1. The summed E-state index contributed by atoms with van der Waals surface area (Å²) in [4.78, 5) is 9.09. The Morgan fingerprint density at radius 1 is 1.33 bits per heavy atom. The SMILES string of the molecule is [B]c1cc(N2CCN(C)CC2)cnc1C(C)OC. The van der Waals surface area contributed by atoms with E-state index in [1.807, 2.05) is 19.2 Å². The number of piperazine rings is 1. The lowest BCUT2D eigenvalue weighted by Gasteiger charge is -2.34. The number of likely N-dealkylation sites (N-methyl/N-ethyl adjacent to an activating group) is 1. The highest BCUT2D eigenvalue weighted by atomic mass is 16.5. The Labute approximate surface area is 110 Å². The van der Waals surface area contributed by atoms with Gasteiger partial charge in [0.25, 0.3) is 0 Å². The average molecular weight is 245 g/mol. The molecule has 0 N–H and O–H groups in total. The topological polar surface area (TPSA) is 28.6 Å². The van der Waals surface area contributed by atoms with Gasteiger partial charge in [0.15, 0.2) is 0 Å². The van der Waals surface area contributed by atoms with Crippen LogP contribution in [-0.2, 0) is 4.74 Å². The number of pyridine rings is 1. The van der Waals surface area contributed by atoms with Gasteiger partial charge in [-0.05, 0) is 20.0 Å². The molecule has 0 spiro atoms. The van der Waals surface area contributed by atoms with Gasteiger partial charge < -0.3 is 14.5 Å². The number of ether oxygens (including phenoxy) is 1. The molecule has 2 radical (unpaired) electrons. The van der Waals surface area contributed by atoms with Crippen LogP contribution in [-0.4, -0.2) is 58.1 Å². The minimum absolute atomic E-state index is 0.0634. The van der Waals surface area contributed by atoms with Crippen molar-refractivity contribution in [1.82, 2.24) is 9.88 Å². The van der Waals surface area contributed by atoms with Crippen LogP contribution in [0.5, 0.6) is 0 Å². The molecular formula is C13H20BN3O. The molecular weight excluding hydrogens is 225 g/mol. The molecule has 1 aromatic heterocycles. The first-order valence-corrected chi connectivity index (χ1v) is 6.33. The van der Waals surface area contributed by atoms with Crippen molar-refractivity contribution in [1.29, 1.82) is 0 Å². The summed E-state index contributed by atoms with van der Waals surface area (Å²) in [5, 5.41) is 0. The number of anilines is 1. The molecule has 5 heteroatoms. The van der Waals surface area contributed by atoms with Crippen molar-refractivity contribution >= 4 is 19.0 Å². The van der Waals surface area contributed by atoms with Gasteiger partial charge in [-0.25, -0.2) is 0 Å². The Hall–Kier alpha value is -1.07. The van der Waals surface area contributed by atoms with Gasteiger partial charge in [-0.3, -0.25) is 4.98 Å². The number of methoxy groups -OCH3 is 1. The first-order valence-electron chi connectivity index (χ1n) is 6.33. The average Bonchev–Trinajstić information content (AvgIpc) is 2.38. The van der Waals surface area contributed by atoms with E-state index in [1.165, 1.54) is 0 Å². The molecule has 4 nitrogen and oxygen atoms in total. The van der Waals surface area contributed by atoms with E-state index < -0.39 is 0 Å². The van der Waals surface area contributed by atoms with Crippen LogP contribution in [0.15, 0.2) is 12.3 Å². The van der Waals surface area contributed by atoms with Gasteiger partial charge >= 0.3 is 0 Å². The predicted octanol–water partition coefficient (Wildman–Crippen LogP) is 0.335. The lowest BCUT2D eigenvalue weighted by Crippen LogP contribution is -2.44. The second kappa shape index (κ2) is 5.72. The van der Waals surface area contributed by atoms with E-state index in [0.29, 0.717) is 5.46 Å². The van der Waals surface area contributed by atoms with E-state index in [-0.39, 0.29) is 6.10 Å². The van der Waals surface area contributed by atoms with Crippen molar-refractivity contribution in [3.63, 3.8) is 0 Å². The Kier molecular flexibility index (Phi) is 4.25. The third-order valence-electron chi connectivity index (χ3n) is 3.54. The monoisotopic (exact) mass is 245 g/mol. The predicted molar refractivity (Wildman–Crippen MR) is 74.8 cm³/mol. The van der Waals surface area contributed by atoms with Crippen LogP contribution in [0.1, 0.15) is 18.7 Å². The number of hydrogen-bond donors (Lipinski definition) is 0. The highest BCUT2D eigenvalue weighted by Crippen LogP contribution is 2.17. The summed E-state index contributed by atoms with van der Waals surface area (Å²) >= 11 is 0. The molecule has 1 saturated heterocycles. The van der Waals surface area contributed by atoms with E-state index in [2.05, 4.69) is 21.8 Å². The van der Waals surface area contributed by atoms with Gasteiger partial charge in [0, 0.05) is 33.3 Å². The molecule has 1 aliphatic heterocycles. The molecule has 2 heterocycles. The van der Waals surface area contributed by atoms with Crippen molar-refractivity contribution in [2.75, 3.05) is 45.2 Å². The minimum Gasteiger partial charge on any atom is -0.375 e. The molecule has 1 aromatic rings. The molecule has 1 unspecified atom stereocenters. The van der Waals surface area contributed by atoms with E-state index in [4.69, 9.17) is 12.6 Å². The van der Waals surface area contributed by atoms with Gasteiger partial charge in [-0.1, -0.05) is 5.46 Å². The van der Waals surface area contributed by atoms with Crippen molar-refractivity contribution < 1.29 is 4.74 Å². The first kappa shape index (κ1) is 13.4. The first-order chi connectivity index (χ1) is 8.61. The lowest BCUT2D eigenvalue weighted by atomic mass is 9.91. The van der Waals surface area contributed by atoms with Gasteiger partial charge in [0.1, 0.15) is 7.85 Å². The van der Waals surface area contributed by atoms with Gasteiger partial charge in [-0.2, -0.15) is 0 Å². The Morgan fingerprint density at radius 3 is 2.56 bits per heavy atom. The zero-order valence-electron chi connectivity index (χ0n) is 11.4. The van der Waals surface area contributed by atoms with Crippen LogP contribution >= 0.6 is 0 Å². The van der Waals surface area contributed by atoms with Gasteiger partial charge in [-0.15, -0.1) is 0 Å². The van der Waals surface area contributed by atoms with Crippen LogP contribution in [0.3, 0.4) is 0 Å². The second-order valence-electron chi connectivity index (χ2n) is 4.84. The maximum absolute atomic E-state index is 6.05. The molecule has 1 aliphatic rings. The van der Waals surface area contributed by atoms with Crippen LogP contribution in [0, 0.1) is 0 Å². The number of nitrogens with zero attached hydrogens (tertiary/aromatic N) is 3. The van der Waals surface area contributed by atoms with Crippen LogP contribution in [0.2, 0.25) is 0 Å². The molecule has 0 aliphatic carbocycles. The van der Waals surface area contributed by atoms with Crippen LogP contribution < -0.4 is 10.4 Å². The zero-order valence-corrected chi connectivity index (χ0v) is 11.4. The standard InChI is InChI=1S/C13H20BN3O/c1-10(18-3)13-12(14)8-11(9-15-13)17-6-4-16(2)5-7-17/h8-10H,4-7H2,1-3H3. The summed E-state index contributed by atoms with van der Waals surface area (Å²) < 4.78 is 5.25. The van der Waals surface area contributed by atoms with Gasteiger partial charge in [0.05, 0.1) is 23.7 Å². The molecule has 0 aromatic carbocycles. The fourth-order valence-corrected chi connectivity index (χ4v) is 2.17. The molecule has 0 bridgehead atoms. The van der Waals surface area contributed by atoms with Crippen LogP contribution in [0.25, 0.3) is 0 Å². The van der Waals surface area contributed by atoms with Crippen molar-refractivity contribution in [3.8, 4) is 0 Å². The smallest absolute Gasteiger partial charge is 0.116 e. The molecule has 1 atom stereocenters. The largest absolute Gasteiger partial charge is 0.375 e. The Balaban J connectivity index is 2.13. The molecule has 18 heavy (non-hydrogen) atoms. The Morgan fingerprint density at radius 2 is 2.00 bits per heavy atom. The third-order valence-corrected chi connectivity index (χ3v) is 3.54. The van der Waals surface area contributed by atoms with Crippen LogP contribution in [0.4, 0.5) is 5.69 Å². The molecule has 0 amide bonds. The molecule has 1 fully saturated rings. The highest BCUT2D eigenvalue weighted by molar-refractivity contribution is 6.33. The summed E-state index contributed by atoms with van der Waals surface area (Å²) in [5.41, 5.74) is 2.63. The second-order valence-corrected chi connectivity index (χ2v) is 4.84. The van der Waals surface area contributed by atoms with E-state index >= 15 is 0 Å². The van der Waals surface area contributed by atoms with E-state index in [0.717, 1.165) is 37.6 Å². The third kappa shape index (κ3) is 2.84. The number of aromatic nitrogens is 1. The number of hydrogen-bond acceptors (Lipinski definition) is 4. The number of rotatable bonds is 3. The molecule has 2 rings (SSSR count).